The van der Waals surface area contributed by atoms with Crippen LogP contribution in [0.2, 0.25) is 0 Å². The molecule has 2 rings (SSSR count). The van der Waals surface area contributed by atoms with Gasteiger partial charge in [-0.2, -0.15) is 0 Å². The van der Waals surface area contributed by atoms with Crippen molar-refractivity contribution in [3.8, 4) is 0 Å². The monoisotopic (exact) mass is 287 g/mol. The number of benzene rings is 1. The lowest BCUT2D eigenvalue weighted by atomic mass is 9.80. The maximum absolute atomic E-state index is 2.76. The maximum atomic E-state index is 2.76. The van der Waals surface area contributed by atoms with Crippen molar-refractivity contribution < 1.29 is 0 Å². The molecule has 0 amide bonds. The van der Waals surface area contributed by atoms with Gasteiger partial charge in [-0.15, -0.1) is 0 Å². The summed E-state index contributed by atoms with van der Waals surface area (Å²) in [4.78, 5) is 2.76. The van der Waals surface area contributed by atoms with Crippen LogP contribution in [0, 0.1) is 5.41 Å². The van der Waals surface area contributed by atoms with E-state index in [-0.39, 0.29) is 0 Å². The zero-order valence-electron chi connectivity index (χ0n) is 14.9. The Hall–Kier alpha value is -0.980. The van der Waals surface area contributed by atoms with Gasteiger partial charge in [0.2, 0.25) is 0 Å². The van der Waals surface area contributed by atoms with Gasteiger partial charge in [0.05, 0.1) is 0 Å². The molecule has 0 aliphatic carbocycles. The Balaban J connectivity index is 2.54. The van der Waals surface area contributed by atoms with Gasteiger partial charge in [0.15, 0.2) is 0 Å². The summed E-state index contributed by atoms with van der Waals surface area (Å²) in [6.45, 7) is 15.4. The lowest BCUT2D eigenvalue weighted by molar-refractivity contribution is 0.309. The van der Waals surface area contributed by atoms with Gasteiger partial charge in [0.25, 0.3) is 0 Å². The molecule has 1 heteroatoms. The third kappa shape index (κ3) is 2.84. The molecule has 0 N–H and O–H groups in total. The molecule has 1 saturated heterocycles. The minimum absolute atomic E-state index is 0.306. The normalized spacial score (nSPS) is 29.1. The first kappa shape index (κ1) is 16.4. The molecule has 1 heterocycles. The highest BCUT2D eigenvalue weighted by molar-refractivity contribution is 5.63. The Morgan fingerprint density at radius 1 is 0.952 bits per heavy atom. The molecule has 1 aromatic rings. The summed E-state index contributed by atoms with van der Waals surface area (Å²) < 4.78 is 0. The number of rotatable bonds is 5. The second-order valence-corrected chi connectivity index (χ2v) is 7.41. The number of hydrogen-bond acceptors (Lipinski definition) is 1. The predicted octanol–water partition coefficient (Wildman–Crippen LogP) is 5.61. The summed E-state index contributed by atoms with van der Waals surface area (Å²) >= 11 is 0. The standard InChI is InChI=1S/C20H33N/c1-7-16-12-11-13-17(8-2)18(16)21-15-19(5,9-3)14-20(21,6)10-4/h11-13H,7-10,14-15H2,1-6H3. The summed E-state index contributed by atoms with van der Waals surface area (Å²) in [5, 5.41) is 0. The Kier molecular flexibility index (Phi) is 4.70. The summed E-state index contributed by atoms with van der Waals surface area (Å²) in [7, 11) is 0. The molecular weight excluding hydrogens is 254 g/mol. The van der Waals surface area contributed by atoms with Crippen molar-refractivity contribution in [1.29, 1.82) is 0 Å². The minimum Gasteiger partial charge on any atom is -0.365 e. The second-order valence-electron chi connectivity index (χ2n) is 7.41. The number of hydrogen-bond donors (Lipinski definition) is 0. The van der Waals surface area contributed by atoms with E-state index in [0.717, 1.165) is 12.8 Å². The van der Waals surface area contributed by atoms with E-state index >= 15 is 0 Å². The van der Waals surface area contributed by atoms with Crippen LogP contribution in [0.4, 0.5) is 5.69 Å². The van der Waals surface area contributed by atoms with Gasteiger partial charge in [-0.05, 0) is 55.6 Å². The van der Waals surface area contributed by atoms with Crippen LogP contribution in [0.5, 0.6) is 0 Å². The fourth-order valence-corrected chi connectivity index (χ4v) is 4.11. The Morgan fingerprint density at radius 2 is 1.52 bits per heavy atom. The van der Waals surface area contributed by atoms with E-state index in [1.807, 2.05) is 0 Å². The molecule has 0 bridgehead atoms. The van der Waals surface area contributed by atoms with E-state index in [1.54, 1.807) is 5.69 Å². The lowest BCUT2D eigenvalue weighted by Crippen LogP contribution is -2.41. The zero-order chi connectivity index (χ0) is 15.7. The Labute approximate surface area is 131 Å². The molecule has 21 heavy (non-hydrogen) atoms. The molecule has 0 aromatic heterocycles. The highest BCUT2D eigenvalue weighted by atomic mass is 15.2. The van der Waals surface area contributed by atoms with Crippen LogP contribution >= 0.6 is 0 Å². The molecule has 1 aromatic carbocycles. The molecule has 118 valence electrons. The fourth-order valence-electron chi connectivity index (χ4n) is 4.11. The summed E-state index contributed by atoms with van der Waals surface area (Å²) in [6.07, 6.45) is 6.07. The maximum Gasteiger partial charge on any atom is 0.0435 e. The summed E-state index contributed by atoms with van der Waals surface area (Å²) in [5.41, 5.74) is 5.35. The van der Waals surface area contributed by atoms with Gasteiger partial charge in [0.1, 0.15) is 0 Å². The average molecular weight is 287 g/mol. The average Bonchev–Trinajstić information content (AvgIpc) is 2.79. The van der Waals surface area contributed by atoms with Gasteiger partial charge in [-0.25, -0.2) is 0 Å². The topological polar surface area (TPSA) is 3.24 Å². The SMILES string of the molecule is CCc1cccc(CC)c1N1CC(C)(CC)CC1(C)CC. The zero-order valence-corrected chi connectivity index (χ0v) is 14.9. The van der Waals surface area contributed by atoms with E-state index in [4.69, 9.17) is 0 Å². The smallest absolute Gasteiger partial charge is 0.0435 e. The highest BCUT2D eigenvalue weighted by Gasteiger charge is 2.47. The number of para-hydroxylation sites is 1. The van der Waals surface area contributed by atoms with Crippen LogP contribution in [0.15, 0.2) is 18.2 Å². The van der Waals surface area contributed by atoms with Crippen LogP contribution in [0.1, 0.15) is 71.9 Å². The Bertz CT molecular complexity index is 470. The van der Waals surface area contributed by atoms with Crippen molar-refractivity contribution in [3.05, 3.63) is 29.3 Å². The number of nitrogens with zero attached hydrogens (tertiary/aromatic N) is 1. The molecule has 1 aliphatic heterocycles. The van der Waals surface area contributed by atoms with Crippen LogP contribution in [0.25, 0.3) is 0 Å². The van der Waals surface area contributed by atoms with Crippen LogP contribution in [0.3, 0.4) is 0 Å². The van der Waals surface area contributed by atoms with Crippen LogP contribution in [-0.4, -0.2) is 12.1 Å². The predicted molar refractivity (Wildman–Crippen MR) is 94.3 cm³/mol. The van der Waals surface area contributed by atoms with Gasteiger partial charge in [-0.1, -0.05) is 52.8 Å². The molecule has 2 unspecified atom stereocenters. The van der Waals surface area contributed by atoms with Gasteiger partial charge >= 0.3 is 0 Å². The molecule has 1 aliphatic rings. The van der Waals surface area contributed by atoms with E-state index < -0.39 is 0 Å². The molecule has 0 spiro atoms. The van der Waals surface area contributed by atoms with Crippen LogP contribution < -0.4 is 4.90 Å². The quantitative estimate of drug-likeness (QED) is 0.680. The third-order valence-electron chi connectivity index (χ3n) is 5.85. The largest absolute Gasteiger partial charge is 0.365 e. The van der Waals surface area contributed by atoms with E-state index in [0.29, 0.717) is 11.0 Å². The fraction of sp³-hybridized carbons (Fsp3) is 0.700. The molecule has 0 radical (unpaired) electrons. The minimum atomic E-state index is 0.306. The third-order valence-corrected chi connectivity index (χ3v) is 5.85. The molecular formula is C20H33N. The summed E-state index contributed by atoms with van der Waals surface area (Å²) in [5.74, 6) is 0. The van der Waals surface area contributed by atoms with Gasteiger partial charge in [0, 0.05) is 17.8 Å². The molecule has 1 nitrogen and oxygen atoms in total. The molecule has 0 saturated carbocycles. The lowest BCUT2D eigenvalue weighted by Gasteiger charge is -2.39. The first-order chi connectivity index (χ1) is 9.93. The van der Waals surface area contributed by atoms with Gasteiger partial charge < -0.3 is 4.90 Å². The van der Waals surface area contributed by atoms with Crippen molar-refractivity contribution in [3.63, 3.8) is 0 Å². The van der Waals surface area contributed by atoms with E-state index in [1.165, 1.54) is 36.9 Å². The molecule has 2 atom stereocenters. The number of aryl methyl sites for hydroxylation is 2. The highest BCUT2D eigenvalue weighted by Crippen LogP contribution is 2.48. The second kappa shape index (κ2) is 6.02. The van der Waals surface area contributed by atoms with Crippen molar-refractivity contribution >= 4 is 5.69 Å². The van der Waals surface area contributed by atoms with E-state index in [9.17, 15) is 0 Å². The van der Waals surface area contributed by atoms with Crippen LogP contribution in [-0.2, 0) is 12.8 Å². The van der Waals surface area contributed by atoms with Crippen molar-refractivity contribution in [2.24, 2.45) is 5.41 Å². The summed E-state index contributed by atoms with van der Waals surface area (Å²) in [6, 6.07) is 6.89. The first-order valence-corrected chi connectivity index (χ1v) is 8.81. The van der Waals surface area contributed by atoms with E-state index in [2.05, 4.69) is 64.6 Å². The van der Waals surface area contributed by atoms with Crippen molar-refractivity contribution in [2.75, 3.05) is 11.4 Å². The number of anilines is 1. The van der Waals surface area contributed by atoms with Crippen molar-refractivity contribution in [1.82, 2.24) is 0 Å². The first-order valence-electron chi connectivity index (χ1n) is 8.81. The van der Waals surface area contributed by atoms with Crippen molar-refractivity contribution in [2.45, 2.75) is 79.2 Å². The Morgan fingerprint density at radius 3 is 1.95 bits per heavy atom. The van der Waals surface area contributed by atoms with Gasteiger partial charge in [-0.3, -0.25) is 0 Å². The molecule has 1 fully saturated rings.